The number of carbonyl (C=O) groups is 2. The monoisotopic (exact) mass is 854 g/mol. The van der Waals surface area contributed by atoms with Gasteiger partial charge in [0.25, 0.3) is 0 Å². The number of Topliss-reactive ketones (excluding diaryl/α,β-unsaturated/α-hetero) is 1. The highest BCUT2D eigenvalue weighted by Gasteiger charge is 2.24. The predicted octanol–water partition coefficient (Wildman–Crippen LogP) is 14.5. The zero-order chi connectivity index (χ0) is 45.2. The number of rotatable bonds is 17. The minimum Gasteiger partial charge on any atom is -0.427 e. The van der Waals surface area contributed by atoms with E-state index >= 15 is 0 Å². The van der Waals surface area contributed by atoms with Crippen LogP contribution in [-0.2, 0) is 27.8 Å². The van der Waals surface area contributed by atoms with Crippen LogP contribution < -0.4 is 14.5 Å². The minimum absolute atomic E-state index is 0.113. The van der Waals surface area contributed by atoms with E-state index in [9.17, 15) is 9.59 Å². The summed E-state index contributed by atoms with van der Waals surface area (Å²) in [5.41, 5.74) is 13.6. The second-order valence-corrected chi connectivity index (χ2v) is 16.8. The number of nitrogens with zero attached hydrogens (tertiary/aromatic N) is 2. The third-order valence-electron chi connectivity index (χ3n) is 12.0. The van der Waals surface area contributed by atoms with Crippen LogP contribution in [0.5, 0.6) is 5.75 Å². The summed E-state index contributed by atoms with van der Waals surface area (Å²) in [5.74, 6) is 0.293. The molecule has 0 spiro atoms. The van der Waals surface area contributed by atoms with E-state index < -0.39 is 0 Å². The number of hydrogen-bond acceptors (Lipinski definition) is 6. The lowest BCUT2D eigenvalue weighted by Gasteiger charge is -2.26. The van der Waals surface area contributed by atoms with Crippen LogP contribution in [-0.4, -0.2) is 25.5 Å². The molecule has 0 heterocycles. The number of ketones is 1. The molecule has 0 saturated heterocycles. The Hall–Kier alpha value is -7.54. The molecule has 65 heavy (non-hydrogen) atoms. The van der Waals surface area contributed by atoms with Crippen molar-refractivity contribution in [2.24, 2.45) is 0 Å². The molecule has 0 saturated carbocycles. The van der Waals surface area contributed by atoms with Crippen molar-refractivity contribution < 1.29 is 19.1 Å². The van der Waals surface area contributed by atoms with E-state index in [1.54, 1.807) is 7.11 Å². The van der Waals surface area contributed by atoms with Crippen molar-refractivity contribution in [1.82, 2.24) is 0 Å². The van der Waals surface area contributed by atoms with Crippen LogP contribution in [0.25, 0.3) is 11.1 Å². The normalized spacial score (nSPS) is 11.2. The van der Waals surface area contributed by atoms with Crippen molar-refractivity contribution in [2.45, 2.75) is 45.4 Å². The van der Waals surface area contributed by atoms with Crippen LogP contribution in [0.2, 0.25) is 0 Å². The number of carbonyl (C=O) groups excluding carboxylic acids is 2. The molecule has 0 radical (unpaired) electrons. The van der Waals surface area contributed by atoms with Crippen LogP contribution >= 0.6 is 0 Å². The lowest BCUT2D eigenvalue weighted by Crippen LogP contribution is -2.19. The first-order chi connectivity index (χ1) is 31.7. The highest BCUT2D eigenvalue weighted by atomic mass is 16.5. The quantitative estimate of drug-likeness (QED) is 0.0517. The lowest BCUT2D eigenvalue weighted by atomic mass is 9.78. The van der Waals surface area contributed by atoms with Gasteiger partial charge in [0.1, 0.15) is 5.75 Å². The number of benzene rings is 8. The Balaban J connectivity index is 0.941. The molecule has 0 amide bonds. The van der Waals surface area contributed by atoms with E-state index in [2.05, 4.69) is 169 Å². The van der Waals surface area contributed by atoms with Crippen LogP contribution in [0.1, 0.15) is 59.8 Å². The summed E-state index contributed by atoms with van der Waals surface area (Å²) < 4.78 is 10.5. The smallest absolute Gasteiger partial charge is 0.308 e. The second-order valence-electron chi connectivity index (χ2n) is 16.8. The topological polar surface area (TPSA) is 59.1 Å². The zero-order valence-electron chi connectivity index (χ0n) is 37.5. The van der Waals surface area contributed by atoms with Gasteiger partial charge in [0, 0.05) is 65.6 Å². The van der Waals surface area contributed by atoms with Crippen molar-refractivity contribution in [2.75, 3.05) is 23.5 Å². The molecular weight excluding hydrogens is 801 g/mol. The first kappa shape index (κ1) is 44.1. The van der Waals surface area contributed by atoms with Gasteiger partial charge in [0.2, 0.25) is 0 Å². The summed E-state index contributed by atoms with van der Waals surface area (Å²) in [4.78, 5) is 29.3. The molecule has 0 aliphatic rings. The summed E-state index contributed by atoms with van der Waals surface area (Å²) >= 11 is 0. The van der Waals surface area contributed by atoms with Crippen molar-refractivity contribution in [3.05, 3.63) is 234 Å². The first-order valence-corrected chi connectivity index (χ1v) is 22.2. The fraction of sp³-hybridized carbons (Fsp3) is 0.153. The van der Waals surface area contributed by atoms with Gasteiger partial charge in [0.05, 0.1) is 6.61 Å². The fourth-order valence-electron chi connectivity index (χ4n) is 8.25. The zero-order valence-corrected chi connectivity index (χ0v) is 37.5. The molecule has 6 nitrogen and oxygen atoms in total. The molecule has 0 atom stereocenters. The number of para-hydroxylation sites is 2. The van der Waals surface area contributed by atoms with Gasteiger partial charge < -0.3 is 19.3 Å². The maximum absolute atomic E-state index is 13.4. The molecule has 6 heteroatoms. The molecule has 8 aromatic rings. The standard InChI is InChI=1S/C59H54N2O4/c1-43(62)65-57-38-28-50(29-39-57)59(2,3)49-26-20-48(21-27-49)58(63)40-19-44-15-30-53(31-16-44)60(51-11-7-5-8-12-51)55-34-22-46(23-35-55)47-24-36-56(37-25-47)61(52-13-9-6-10-14-52)54-32-17-45(18-33-54)41-42-64-4/h5-18,20-39H,19,40-42H2,1-4H3. The number of anilines is 6. The maximum atomic E-state index is 13.4. The Kier molecular flexibility index (Phi) is 13.8. The Labute approximate surface area is 383 Å². The van der Waals surface area contributed by atoms with Crippen molar-refractivity contribution in [3.63, 3.8) is 0 Å². The molecule has 8 rings (SSSR count). The average molecular weight is 855 g/mol. The number of methoxy groups -OCH3 is 1. The molecule has 324 valence electrons. The summed E-state index contributed by atoms with van der Waals surface area (Å²) in [5, 5.41) is 0. The Bertz CT molecular complexity index is 2790. The fourth-order valence-corrected chi connectivity index (χ4v) is 8.25. The van der Waals surface area contributed by atoms with Crippen LogP contribution in [0.3, 0.4) is 0 Å². The van der Waals surface area contributed by atoms with E-state index in [-0.39, 0.29) is 17.2 Å². The number of hydrogen-bond donors (Lipinski definition) is 0. The predicted molar refractivity (Wildman–Crippen MR) is 266 cm³/mol. The van der Waals surface area contributed by atoms with Crippen LogP contribution in [0, 0.1) is 0 Å². The van der Waals surface area contributed by atoms with Crippen molar-refractivity contribution in [3.8, 4) is 16.9 Å². The van der Waals surface area contributed by atoms with E-state index in [0.29, 0.717) is 30.8 Å². The van der Waals surface area contributed by atoms with Crippen molar-refractivity contribution in [1.29, 1.82) is 0 Å². The van der Waals surface area contributed by atoms with E-state index in [1.165, 1.54) is 12.5 Å². The highest BCUT2D eigenvalue weighted by molar-refractivity contribution is 5.96. The Morgan fingerprint density at radius 2 is 0.846 bits per heavy atom. The molecule has 0 aliphatic heterocycles. The highest BCUT2D eigenvalue weighted by Crippen LogP contribution is 2.39. The van der Waals surface area contributed by atoms with Crippen LogP contribution in [0.4, 0.5) is 34.1 Å². The minimum atomic E-state index is -0.343. The Morgan fingerprint density at radius 1 is 0.462 bits per heavy atom. The van der Waals surface area contributed by atoms with Gasteiger partial charge in [-0.15, -0.1) is 0 Å². The Morgan fingerprint density at radius 3 is 1.26 bits per heavy atom. The molecule has 0 aromatic heterocycles. The number of aryl methyl sites for hydroxylation is 1. The van der Waals surface area contributed by atoms with E-state index in [0.717, 1.165) is 68.4 Å². The van der Waals surface area contributed by atoms with Gasteiger partial charge in [-0.25, -0.2) is 0 Å². The summed E-state index contributed by atoms with van der Waals surface area (Å²) in [7, 11) is 1.74. The van der Waals surface area contributed by atoms with Gasteiger partial charge in [0.15, 0.2) is 5.78 Å². The molecule has 0 unspecified atom stereocenters. The molecular formula is C59H54N2O4. The first-order valence-electron chi connectivity index (χ1n) is 22.2. The van der Waals surface area contributed by atoms with E-state index in [4.69, 9.17) is 9.47 Å². The largest absolute Gasteiger partial charge is 0.427 e. The lowest BCUT2D eigenvalue weighted by molar-refractivity contribution is -0.131. The summed E-state index contributed by atoms with van der Waals surface area (Å²) in [6.07, 6.45) is 1.94. The molecule has 8 aromatic carbocycles. The van der Waals surface area contributed by atoms with E-state index in [1.807, 2.05) is 60.7 Å². The van der Waals surface area contributed by atoms with Gasteiger partial charge in [-0.3, -0.25) is 9.59 Å². The SMILES string of the molecule is COCCc1ccc(N(c2ccccc2)c2ccc(-c3ccc(N(c4ccccc4)c4ccc(CCC(=O)c5ccc(C(C)(C)c6ccc(OC(C)=O)cc6)cc5)cc4)cc3)cc2)cc1. The van der Waals surface area contributed by atoms with Gasteiger partial charge in [-0.05, 0) is 131 Å². The summed E-state index contributed by atoms with van der Waals surface area (Å²) in [6, 6.07) is 71.1. The molecule has 0 N–H and O–H groups in total. The number of ether oxygens (including phenoxy) is 2. The molecule has 0 fully saturated rings. The third kappa shape index (κ3) is 10.6. The summed E-state index contributed by atoms with van der Waals surface area (Å²) in [6.45, 7) is 6.39. The van der Waals surface area contributed by atoms with Crippen LogP contribution in [0.15, 0.2) is 206 Å². The molecule has 0 aliphatic carbocycles. The van der Waals surface area contributed by atoms with Gasteiger partial charge >= 0.3 is 5.97 Å². The third-order valence-corrected chi connectivity index (χ3v) is 12.0. The second kappa shape index (κ2) is 20.3. The maximum Gasteiger partial charge on any atom is 0.308 e. The number of esters is 1. The van der Waals surface area contributed by atoms with Gasteiger partial charge in [-0.1, -0.05) is 135 Å². The molecule has 0 bridgehead atoms. The van der Waals surface area contributed by atoms with Crippen molar-refractivity contribution >= 4 is 45.9 Å². The van der Waals surface area contributed by atoms with Gasteiger partial charge in [-0.2, -0.15) is 0 Å². The average Bonchev–Trinajstić information content (AvgIpc) is 3.35.